The van der Waals surface area contributed by atoms with Crippen molar-refractivity contribution >= 4 is 46.7 Å². The highest BCUT2D eigenvalue weighted by Gasteiger charge is 2.20. The van der Waals surface area contributed by atoms with Crippen LogP contribution in [0.25, 0.3) is 10.9 Å². The third kappa shape index (κ3) is 3.48. The van der Waals surface area contributed by atoms with Crippen LogP contribution in [0.2, 0.25) is 0 Å². The van der Waals surface area contributed by atoms with Gasteiger partial charge in [-0.1, -0.05) is 18.2 Å². The zero-order valence-electron chi connectivity index (χ0n) is 14.4. The van der Waals surface area contributed by atoms with E-state index in [-0.39, 0.29) is 24.0 Å². The number of halogens is 1. The van der Waals surface area contributed by atoms with Gasteiger partial charge >= 0.3 is 0 Å². The maximum Gasteiger partial charge on any atom is 0.199 e. The van der Waals surface area contributed by atoms with Crippen molar-refractivity contribution in [2.45, 2.75) is 6.42 Å². The Morgan fingerprint density at radius 1 is 1.12 bits per heavy atom. The fourth-order valence-electron chi connectivity index (χ4n) is 3.13. The van der Waals surface area contributed by atoms with E-state index in [0.717, 1.165) is 43.5 Å². The highest BCUT2D eigenvalue weighted by molar-refractivity contribution is 14.0. The molecule has 0 atom stereocenters. The predicted molar refractivity (Wildman–Crippen MR) is 111 cm³/mol. The molecule has 3 aromatic rings. The lowest BCUT2D eigenvalue weighted by Gasteiger charge is -2.18. The van der Waals surface area contributed by atoms with Gasteiger partial charge in [-0.25, -0.2) is 0 Å². The van der Waals surface area contributed by atoms with E-state index in [1.165, 1.54) is 10.9 Å². The minimum Gasteiger partial charge on any atom is -0.356 e. The number of fused-ring (bicyclic) bond motifs is 1. The normalized spacial score (nSPS) is 13.8. The molecule has 0 amide bonds. The Hall–Kier alpha value is -2.10. The van der Waals surface area contributed by atoms with Crippen LogP contribution < -0.4 is 10.2 Å². The van der Waals surface area contributed by atoms with Crippen LogP contribution in [0.5, 0.6) is 0 Å². The molecule has 0 spiro atoms. The van der Waals surface area contributed by atoms with Gasteiger partial charge in [0.2, 0.25) is 0 Å². The second-order valence-corrected chi connectivity index (χ2v) is 5.97. The summed E-state index contributed by atoms with van der Waals surface area (Å²) in [5.41, 5.74) is 2.28. The smallest absolute Gasteiger partial charge is 0.199 e. The molecule has 7 nitrogen and oxygen atoms in total. The first-order valence-corrected chi connectivity index (χ1v) is 8.18. The molecule has 0 saturated heterocycles. The van der Waals surface area contributed by atoms with Gasteiger partial charge in [0.1, 0.15) is 0 Å². The van der Waals surface area contributed by atoms with Gasteiger partial charge in [-0.15, -0.1) is 24.0 Å². The molecule has 1 aliphatic rings. The number of aliphatic imine (C=N–C) groups is 1. The first kappa shape index (κ1) is 17.7. The minimum absolute atomic E-state index is 0. The number of aryl methyl sites for hydroxylation is 2. The van der Waals surface area contributed by atoms with E-state index in [2.05, 4.69) is 43.6 Å². The Labute approximate surface area is 163 Å². The number of hydrogen-bond acceptors (Lipinski definition) is 5. The summed E-state index contributed by atoms with van der Waals surface area (Å²) < 4.78 is 3.75. The van der Waals surface area contributed by atoms with E-state index in [0.29, 0.717) is 0 Å². The van der Waals surface area contributed by atoms with Crippen LogP contribution in [0.4, 0.5) is 5.82 Å². The molecule has 0 unspecified atom stereocenters. The monoisotopic (exact) mass is 451 g/mol. The van der Waals surface area contributed by atoms with Crippen molar-refractivity contribution in [2.24, 2.45) is 19.1 Å². The van der Waals surface area contributed by atoms with Crippen molar-refractivity contribution in [3.63, 3.8) is 0 Å². The maximum atomic E-state index is 4.64. The van der Waals surface area contributed by atoms with Crippen molar-refractivity contribution in [3.05, 3.63) is 42.2 Å². The summed E-state index contributed by atoms with van der Waals surface area (Å²) in [5, 5.41) is 13.8. The first-order valence-electron chi connectivity index (χ1n) is 8.18. The number of hydrogen-bond donors (Lipinski definition) is 1. The number of rotatable bonds is 4. The van der Waals surface area contributed by atoms with Crippen molar-refractivity contribution in [1.29, 1.82) is 0 Å². The average Bonchev–Trinajstić information content (AvgIpc) is 3.28. The lowest BCUT2D eigenvalue weighted by atomic mass is 10.2. The van der Waals surface area contributed by atoms with Gasteiger partial charge in [-0.3, -0.25) is 19.3 Å². The van der Waals surface area contributed by atoms with Crippen LogP contribution in [0, 0.1) is 0 Å². The zero-order chi connectivity index (χ0) is 16.5. The lowest BCUT2D eigenvalue weighted by Crippen LogP contribution is -2.39. The Kier molecular flexibility index (Phi) is 5.26. The van der Waals surface area contributed by atoms with E-state index in [1.54, 1.807) is 0 Å². The Morgan fingerprint density at radius 2 is 1.96 bits per heavy atom. The number of anilines is 1. The summed E-state index contributed by atoms with van der Waals surface area (Å²) >= 11 is 0. The fourth-order valence-corrected chi connectivity index (χ4v) is 3.13. The van der Waals surface area contributed by atoms with E-state index in [4.69, 9.17) is 0 Å². The molecule has 4 rings (SSSR count). The van der Waals surface area contributed by atoms with E-state index in [9.17, 15) is 0 Å². The number of aromatic nitrogens is 4. The molecule has 3 heterocycles. The predicted octanol–water partition coefficient (Wildman–Crippen LogP) is 1.93. The number of para-hydroxylation sites is 1. The van der Waals surface area contributed by atoms with Gasteiger partial charge < -0.3 is 5.32 Å². The second kappa shape index (κ2) is 7.42. The average molecular weight is 451 g/mol. The van der Waals surface area contributed by atoms with Gasteiger partial charge in [-0.2, -0.15) is 10.2 Å². The fraction of sp³-hybridized carbons (Fsp3) is 0.353. The zero-order valence-corrected chi connectivity index (χ0v) is 16.7. The van der Waals surface area contributed by atoms with Crippen LogP contribution in [-0.4, -0.2) is 45.2 Å². The molecule has 25 heavy (non-hydrogen) atoms. The summed E-state index contributed by atoms with van der Waals surface area (Å²) in [5.74, 6) is 1.83. The summed E-state index contributed by atoms with van der Waals surface area (Å²) in [4.78, 5) is 6.68. The second-order valence-electron chi connectivity index (χ2n) is 5.97. The number of nitrogens with one attached hydrogen (secondary N) is 1. The molecule has 1 aromatic carbocycles. The summed E-state index contributed by atoms with van der Waals surface area (Å²) in [6, 6.07) is 10.3. The van der Waals surface area contributed by atoms with E-state index >= 15 is 0 Å². The largest absolute Gasteiger partial charge is 0.356 e. The van der Waals surface area contributed by atoms with Gasteiger partial charge in [0.25, 0.3) is 0 Å². The van der Waals surface area contributed by atoms with Gasteiger partial charge in [0.05, 0.1) is 17.8 Å². The van der Waals surface area contributed by atoms with Gasteiger partial charge in [0, 0.05) is 51.3 Å². The summed E-state index contributed by atoms with van der Waals surface area (Å²) in [6.07, 6.45) is 2.81. The maximum absolute atomic E-state index is 4.64. The first-order chi connectivity index (χ1) is 11.7. The molecule has 0 fully saturated rings. The van der Waals surface area contributed by atoms with Crippen LogP contribution in [0.1, 0.15) is 5.69 Å². The molecule has 132 valence electrons. The standard InChI is InChI=1S/C17H21N7.HI/c1-22-11-8-16(21-22)24-12-10-19-17(24)18-9-7-14-13-5-3-4-6-15(13)23(2)20-14;/h3-6,8,11H,7,9-10,12H2,1-2H3,(H,18,19);1H. The van der Waals surface area contributed by atoms with Crippen LogP contribution in [-0.2, 0) is 20.5 Å². The summed E-state index contributed by atoms with van der Waals surface area (Å²) in [6.45, 7) is 2.46. The molecule has 0 saturated carbocycles. The van der Waals surface area contributed by atoms with Gasteiger partial charge in [-0.05, 0) is 6.07 Å². The molecular weight excluding hydrogens is 429 g/mol. The lowest BCUT2D eigenvalue weighted by molar-refractivity contribution is 0.745. The Morgan fingerprint density at radius 3 is 2.76 bits per heavy atom. The van der Waals surface area contributed by atoms with Crippen LogP contribution in [0.15, 0.2) is 41.5 Å². The van der Waals surface area contributed by atoms with Gasteiger partial charge in [0.15, 0.2) is 11.8 Å². The summed E-state index contributed by atoms with van der Waals surface area (Å²) in [7, 11) is 3.92. The minimum atomic E-state index is 0. The molecule has 0 aliphatic carbocycles. The molecule has 8 heteroatoms. The number of benzene rings is 1. The topological polar surface area (TPSA) is 63.3 Å². The van der Waals surface area contributed by atoms with Crippen LogP contribution >= 0.6 is 24.0 Å². The highest BCUT2D eigenvalue weighted by Crippen LogP contribution is 2.18. The molecular formula is C17H22IN7. The van der Waals surface area contributed by atoms with E-state index < -0.39 is 0 Å². The van der Waals surface area contributed by atoms with Crippen molar-refractivity contribution in [3.8, 4) is 0 Å². The highest BCUT2D eigenvalue weighted by atomic mass is 127. The third-order valence-corrected chi connectivity index (χ3v) is 4.30. The van der Waals surface area contributed by atoms with Crippen molar-refractivity contribution < 1.29 is 0 Å². The number of nitrogens with zero attached hydrogens (tertiary/aromatic N) is 6. The van der Waals surface area contributed by atoms with Crippen molar-refractivity contribution in [1.82, 2.24) is 24.9 Å². The molecule has 0 bridgehead atoms. The van der Waals surface area contributed by atoms with Crippen LogP contribution in [0.3, 0.4) is 0 Å². The Balaban J connectivity index is 0.00000182. The number of guanidine groups is 1. The molecule has 2 aromatic heterocycles. The molecule has 0 radical (unpaired) electrons. The van der Waals surface area contributed by atoms with E-state index in [1.807, 2.05) is 41.8 Å². The van der Waals surface area contributed by atoms with Crippen molar-refractivity contribution in [2.75, 3.05) is 24.5 Å². The quantitative estimate of drug-likeness (QED) is 0.616. The molecule has 1 aliphatic heterocycles. The SMILES string of the molecule is Cn1ccc(N2CCN=C2NCCc2nn(C)c3ccccc23)n1.I. The Bertz CT molecular complexity index is 895. The third-order valence-electron chi connectivity index (χ3n) is 4.30. The molecule has 1 N–H and O–H groups in total.